The van der Waals surface area contributed by atoms with Gasteiger partial charge in [0.1, 0.15) is 0 Å². The van der Waals surface area contributed by atoms with E-state index in [4.69, 9.17) is 16.6 Å². The molecule has 2 heterocycles. The predicted octanol–water partition coefficient (Wildman–Crippen LogP) is 0.454. The third-order valence-electron chi connectivity index (χ3n) is 3.55. The van der Waals surface area contributed by atoms with Gasteiger partial charge >= 0.3 is 5.97 Å². The van der Waals surface area contributed by atoms with Gasteiger partial charge in [0.05, 0.1) is 11.3 Å². The average molecular weight is 278 g/mol. The highest BCUT2D eigenvalue weighted by Crippen LogP contribution is 2.27. The van der Waals surface area contributed by atoms with E-state index in [9.17, 15) is 9.59 Å². The van der Waals surface area contributed by atoms with Crippen LogP contribution in [0, 0.1) is 5.92 Å². The number of nitrogen functional groups attached to an aromatic ring is 1. The molecule has 0 unspecified atom stereocenters. The highest BCUT2D eigenvalue weighted by molar-refractivity contribution is 5.89. The van der Waals surface area contributed by atoms with Crippen LogP contribution >= 0.6 is 0 Å². The molecule has 1 aromatic heterocycles. The van der Waals surface area contributed by atoms with Crippen molar-refractivity contribution < 1.29 is 14.7 Å². The van der Waals surface area contributed by atoms with E-state index in [1.54, 1.807) is 0 Å². The molecule has 7 heteroatoms. The number of primary amides is 1. The summed E-state index contributed by atoms with van der Waals surface area (Å²) in [4.78, 5) is 27.9. The first kappa shape index (κ1) is 14.1. The molecule has 0 spiro atoms. The molecule has 0 aromatic carbocycles. The lowest BCUT2D eigenvalue weighted by atomic mass is 9.93. The molecule has 1 fully saturated rings. The first-order valence-electron chi connectivity index (χ1n) is 6.49. The van der Waals surface area contributed by atoms with Gasteiger partial charge in [0.25, 0.3) is 0 Å². The van der Waals surface area contributed by atoms with Crippen LogP contribution in [-0.4, -0.2) is 35.1 Å². The number of carboxylic acid groups (broad SMARTS) is 1. The minimum atomic E-state index is -1.05. The first-order chi connectivity index (χ1) is 9.47. The summed E-state index contributed by atoms with van der Waals surface area (Å²) in [7, 11) is 0. The van der Waals surface area contributed by atoms with Gasteiger partial charge in [-0.15, -0.1) is 0 Å². The van der Waals surface area contributed by atoms with Gasteiger partial charge in [-0.2, -0.15) is 0 Å². The third kappa shape index (κ3) is 3.17. The van der Waals surface area contributed by atoms with Crippen molar-refractivity contribution in [2.24, 2.45) is 11.7 Å². The van der Waals surface area contributed by atoms with Crippen LogP contribution in [0.25, 0.3) is 0 Å². The van der Waals surface area contributed by atoms with Gasteiger partial charge < -0.3 is 21.5 Å². The van der Waals surface area contributed by atoms with E-state index in [0.717, 1.165) is 25.9 Å². The van der Waals surface area contributed by atoms with Crippen LogP contribution in [0.2, 0.25) is 0 Å². The standard InChI is InChI=1S/C13H18N4O3/c14-10-6-9(13(19)20)7-16-12(10)17-3-1-8(2-4-17)5-11(15)18/h6-8H,1-5,14H2,(H2,15,18)(H,19,20). The maximum atomic E-state index is 10.9. The average Bonchev–Trinajstić information content (AvgIpc) is 2.39. The fourth-order valence-electron chi connectivity index (χ4n) is 2.49. The molecule has 1 saturated heterocycles. The molecule has 7 nitrogen and oxygen atoms in total. The summed E-state index contributed by atoms with van der Waals surface area (Å²) in [5.41, 5.74) is 11.5. The zero-order valence-electron chi connectivity index (χ0n) is 11.1. The van der Waals surface area contributed by atoms with Crippen molar-refractivity contribution in [2.75, 3.05) is 23.7 Å². The number of nitrogens with zero attached hydrogens (tertiary/aromatic N) is 2. The van der Waals surface area contributed by atoms with Gasteiger partial charge in [-0.3, -0.25) is 4.79 Å². The number of carbonyl (C=O) groups excluding carboxylic acids is 1. The normalized spacial score (nSPS) is 16.1. The number of hydrogen-bond acceptors (Lipinski definition) is 5. The largest absolute Gasteiger partial charge is 0.478 e. The SMILES string of the molecule is NC(=O)CC1CCN(c2ncc(C(=O)O)cc2N)CC1. The zero-order chi connectivity index (χ0) is 14.7. The zero-order valence-corrected chi connectivity index (χ0v) is 11.1. The Morgan fingerprint density at radius 2 is 2.05 bits per heavy atom. The Hall–Kier alpha value is -2.31. The summed E-state index contributed by atoms with van der Waals surface area (Å²) in [5.74, 6) is -0.404. The number of nitrogens with two attached hydrogens (primary N) is 2. The number of rotatable bonds is 4. The van der Waals surface area contributed by atoms with E-state index in [-0.39, 0.29) is 11.5 Å². The summed E-state index contributed by atoms with van der Waals surface area (Å²) < 4.78 is 0. The second-order valence-corrected chi connectivity index (χ2v) is 5.04. The number of amides is 1. The number of aromatic carboxylic acids is 1. The second kappa shape index (κ2) is 5.77. The molecule has 1 amide bonds. The van der Waals surface area contributed by atoms with Gasteiger partial charge in [0.2, 0.25) is 5.91 Å². The Kier molecular flexibility index (Phi) is 4.07. The van der Waals surface area contributed by atoms with Crippen molar-refractivity contribution in [3.8, 4) is 0 Å². The Balaban J connectivity index is 2.03. The summed E-state index contributed by atoms with van der Waals surface area (Å²) >= 11 is 0. The molecule has 20 heavy (non-hydrogen) atoms. The predicted molar refractivity (Wildman–Crippen MR) is 74.4 cm³/mol. The van der Waals surface area contributed by atoms with Crippen LogP contribution < -0.4 is 16.4 Å². The van der Waals surface area contributed by atoms with Crippen molar-refractivity contribution in [3.05, 3.63) is 17.8 Å². The molecule has 0 atom stereocenters. The Morgan fingerprint density at radius 3 is 2.55 bits per heavy atom. The van der Waals surface area contributed by atoms with Crippen molar-refractivity contribution in [3.63, 3.8) is 0 Å². The Morgan fingerprint density at radius 1 is 1.40 bits per heavy atom. The molecule has 0 radical (unpaired) electrons. The topological polar surface area (TPSA) is 123 Å². The lowest BCUT2D eigenvalue weighted by Crippen LogP contribution is -2.36. The molecule has 0 aliphatic carbocycles. The van der Waals surface area contributed by atoms with Gasteiger partial charge in [0.15, 0.2) is 5.82 Å². The van der Waals surface area contributed by atoms with Crippen LogP contribution in [0.3, 0.4) is 0 Å². The van der Waals surface area contributed by atoms with E-state index in [1.165, 1.54) is 12.3 Å². The van der Waals surface area contributed by atoms with Crippen molar-refractivity contribution in [2.45, 2.75) is 19.3 Å². The van der Waals surface area contributed by atoms with E-state index >= 15 is 0 Å². The van der Waals surface area contributed by atoms with Crippen molar-refractivity contribution in [1.82, 2.24) is 4.98 Å². The number of aromatic nitrogens is 1. The maximum absolute atomic E-state index is 10.9. The first-order valence-corrected chi connectivity index (χ1v) is 6.49. The quantitative estimate of drug-likeness (QED) is 0.735. The summed E-state index contributed by atoms with van der Waals surface area (Å²) in [5, 5.41) is 8.88. The van der Waals surface area contributed by atoms with Gasteiger partial charge in [0, 0.05) is 25.7 Å². The molecule has 108 valence electrons. The Bertz CT molecular complexity index is 524. The molecule has 1 aliphatic rings. The molecule has 1 aliphatic heterocycles. The maximum Gasteiger partial charge on any atom is 0.337 e. The number of carboxylic acids is 1. The number of anilines is 2. The van der Waals surface area contributed by atoms with Crippen LogP contribution in [0.5, 0.6) is 0 Å². The summed E-state index contributed by atoms with van der Waals surface area (Å²) in [6.45, 7) is 1.48. The third-order valence-corrected chi connectivity index (χ3v) is 3.55. The minimum absolute atomic E-state index is 0.0786. The van der Waals surface area contributed by atoms with E-state index in [0.29, 0.717) is 23.8 Å². The van der Waals surface area contributed by atoms with E-state index < -0.39 is 5.97 Å². The molecule has 5 N–H and O–H groups in total. The molecule has 0 saturated carbocycles. The van der Waals surface area contributed by atoms with Gasteiger partial charge in [-0.05, 0) is 24.8 Å². The van der Waals surface area contributed by atoms with Crippen LogP contribution in [0.4, 0.5) is 11.5 Å². The molecule has 0 bridgehead atoms. The second-order valence-electron chi connectivity index (χ2n) is 5.04. The summed E-state index contributed by atoms with van der Waals surface area (Å²) in [6, 6.07) is 1.42. The highest BCUT2D eigenvalue weighted by Gasteiger charge is 2.23. The van der Waals surface area contributed by atoms with E-state index in [1.807, 2.05) is 4.90 Å². The fourth-order valence-corrected chi connectivity index (χ4v) is 2.49. The molecule has 1 aromatic rings. The number of pyridine rings is 1. The lowest BCUT2D eigenvalue weighted by molar-refractivity contribution is -0.119. The number of carbonyl (C=O) groups is 2. The van der Waals surface area contributed by atoms with Crippen LogP contribution in [-0.2, 0) is 4.79 Å². The molecule has 2 rings (SSSR count). The Labute approximate surface area is 116 Å². The highest BCUT2D eigenvalue weighted by atomic mass is 16.4. The smallest absolute Gasteiger partial charge is 0.337 e. The van der Waals surface area contributed by atoms with E-state index in [2.05, 4.69) is 4.98 Å². The molecular weight excluding hydrogens is 260 g/mol. The van der Waals surface area contributed by atoms with Gasteiger partial charge in [-0.1, -0.05) is 0 Å². The monoisotopic (exact) mass is 278 g/mol. The van der Waals surface area contributed by atoms with Crippen LogP contribution in [0.15, 0.2) is 12.3 Å². The molecular formula is C13H18N4O3. The van der Waals surface area contributed by atoms with Crippen molar-refractivity contribution in [1.29, 1.82) is 0 Å². The fraction of sp³-hybridized carbons (Fsp3) is 0.462. The minimum Gasteiger partial charge on any atom is -0.478 e. The van der Waals surface area contributed by atoms with Crippen molar-refractivity contribution >= 4 is 23.4 Å². The van der Waals surface area contributed by atoms with Gasteiger partial charge in [-0.25, -0.2) is 9.78 Å². The number of hydrogen-bond donors (Lipinski definition) is 3. The lowest BCUT2D eigenvalue weighted by Gasteiger charge is -2.33. The van der Waals surface area contributed by atoms with Crippen LogP contribution in [0.1, 0.15) is 29.6 Å². The number of piperidine rings is 1. The summed E-state index contributed by atoms with van der Waals surface area (Å²) in [6.07, 6.45) is 3.42.